The standard InChI is InChI=1S/C22H36/c1-5-22-13-10-15(2)14-17(22)7-8-18-19-9-6-16(3)21(19,4)12-11-20(18)22/h15,17-20H,3,5-14H2,1-2,4H3/t15-,17+,18+,19+,20+,21-,22+/m1/s1. The minimum absolute atomic E-state index is 0.505. The lowest BCUT2D eigenvalue weighted by molar-refractivity contribution is -0.117. The van der Waals surface area contributed by atoms with Crippen LogP contribution in [0.1, 0.15) is 85.0 Å². The predicted molar refractivity (Wildman–Crippen MR) is 94.6 cm³/mol. The van der Waals surface area contributed by atoms with E-state index in [-0.39, 0.29) is 0 Å². The van der Waals surface area contributed by atoms with E-state index in [1.807, 2.05) is 0 Å². The van der Waals surface area contributed by atoms with Crippen molar-refractivity contribution < 1.29 is 0 Å². The number of hydrogen-bond acceptors (Lipinski definition) is 0. The molecule has 0 N–H and O–H groups in total. The van der Waals surface area contributed by atoms with Crippen LogP contribution in [-0.2, 0) is 0 Å². The van der Waals surface area contributed by atoms with E-state index in [0.29, 0.717) is 5.41 Å². The van der Waals surface area contributed by atoms with Gasteiger partial charge in [0.25, 0.3) is 0 Å². The third kappa shape index (κ3) is 1.88. The van der Waals surface area contributed by atoms with Crippen LogP contribution in [0.4, 0.5) is 0 Å². The van der Waals surface area contributed by atoms with Gasteiger partial charge in [0, 0.05) is 0 Å². The van der Waals surface area contributed by atoms with E-state index in [9.17, 15) is 0 Å². The van der Waals surface area contributed by atoms with Crippen LogP contribution in [0.25, 0.3) is 0 Å². The highest BCUT2D eigenvalue weighted by atomic mass is 14.6. The maximum Gasteiger partial charge on any atom is -0.00879 e. The van der Waals surface area contributed by atoms with Gasteiger partial charge in [-0.05, 0) is 98.2 Å². The van der Waals surface area contributed by atoms with Crippen LogP contribution in [0, 0.1) is 40.4 Å². The Morgan fingerprint density at radius 1 is 1.05 bits per heavy atom. The lowest BCUT2D eigenvalue weighted by Gasteiger charge is -2.61. The van der Waals surface area contributed by atoms with Crippen LogP contribution >= 0.6 is 0 Å². The second-order valence-corrected chi connectivity index (χ2v) is 9.72. The van der Waals surface area contributed by atoms with Crippen molar-refractivity contribution in [3.8, 4) is 0 Å². The van der Waals surface area contributed by atoms with Gasteiger partial charge >= 0.3 is 0 Å². The molecule has 0 bridgehead atoms. The Morgan fingerprint density at radius 3 is 2.64 bits per heavy atom. The summed E-state index contributed by atoms with van der Waals surface area (Å²) in [5, 5.41) is 0. The highest BCUT2D eigenvalue weighted by Gasteiger charge is 2.59. The monoisotopic (exact) mass is 300 g/mol. The van der Waals surface area contributed by atoms with E-state index < -0.39 is 0 Å². The van der Waals surface area contributed by atoms with Crippen molar-refractivity contribution >= 4 is 0 Å². The SMILES string of the molecule is C=C1CC[C@H]2[C@@H]3CC[C@H]4C[C@H](C)CC[C@]4(CC)[C@H]3CC[C@]12C. The van der Waals surface area contributed by atoms with Crippen LogP contribution in [0.5, 0.6) is 0 Å². The minimum atomic E-state index is 0.505. The largest absolute Gasteiger partial charge is 0.0993 e. The predicted octanol–water partition coefficient (Wildman–Crippen LogP) is 6.61. The van der Waals surface area contributed by atoms with E-state index in [0.717, 1.165) is 35.0 Å². The summed E-state index contributed by atoms with van der Waals surface area (Å²) in [6, 6.07) is 0. The molecule has 0 heteroatoms. The fraction of sp³-hybridized carbons (Fsp3) is 0.909. The normalized spacial score (nSPS) is 54.5. The summed E-state index contributed by atoms with van der Waals surface area (Å²) in [5.74, 6) is 5.09. The fourth-order valence-corrected chi connectivity index (χ4v) is 7.88. The molecular weight excluding hydrogens is 264 g/mol. The molecule has 7 atom stereocenters. The molecule has 4 saturated carbocycles. The maximum atomic E-state index is 4.48. The van der Waals surface area contributed by atoms with Gasteiger partial charge in [-0.25, -0.2) is 0 Å². The second kappa shape index (κ2) is 5.12. The van der Waals surface area contributed by atoms with Gasteiger partial charge in [-0.1, -0.05) is 39.3 Å². The molecule has 0 aromatic heterocycles. The Morgan fingerprint density at radius 2 is 1.86 bits per heavy atom. The molecule has 0 aliphatic heterocycles. The summed E-state index contributed by atoms with van der Waals surface area (Å²) in [4.78, 5) is 0. The van der Waals surface area contributed by atoms with Crippen LogP contribution < -0.4 is 0 Å². The summed E-state index contributed by atoms with van der Waals surface area (Å²) in [5.41, 5.74) is 2.83. The van der Waals surface area contributed by atoms with Crippen LogP contribution in [0.2, 0.25) is 0 Å². The molecule has 4 fully saturated rings. The van der Waals surface area contributed by atoms with Gasteiger partial charge < -0.3 is 0 Å². The lowest BCUT2D eigenvalue weighted by atomic mass is 9.43. The topological polar surface area (TPSA) is 0 Å². The van der Waals surface area contributed by atoms with E-state index in [1.165, 1.54) is 51.4 Å². The van der Waals surface area contributed by atoms with Gasteiger partial charge in [0.15, 0.2) is 0 Å². The highest BCUT2D eigenvalue weighted by molar-refractivity contribution is 5.21. The Hall–Kier alpha value is -0.260. The molecule has 0 unspecified atom stereocenters. The summed E-state index contributed by atoms with van der Waals surface area (Å²) in [7, 11) is 0. The van der Waals surface area contributed by atoms with E-state index in [4.69, 9.17) is 0 Å². The second-order valence-electron chi connectivity index (χ2n) is 9.72. The van der Waals surface area contributed by atoms with Crippen LogP contribution in [0.15, 0.2) is 12.2 Å². The van der Waals surface area contributed by atoms with Gasteiger partial charge in [0.1, 0.15) is 0 Å². The fourth-order valence-electron chi connectivity index (χ4n) is 7.88. The quantitative estimate of drug-likeness (QED) is 0.478. The molecule has 0 aromatic carbocycles. The molecule has 22 heavy (non-hydrogen) atoms. The van der Waals surface area contributed by atoms with Crippen molar-refractivity contribution in [1.82, 2.24) is 0 Å². The van der Waals surface area contributed by atoms with Crippen molar-refractivity contribution in [3.63, 3.8) is 0 Å². The van der Waals surface area contributed by atoms with E-state index in [2.05, 4.69) is 27.4 Å². The number of rotatable bonds is 1. The number of allylic oxidation sites excluding steroid dienone is 1. The first-order valence-electron chi connectivity index (χ1n) is 10.2. The minimum Gasteiger partial charge on any atom is -0.0993 e. The molecule has 4 rings (SSSR count). The first kappa shape index (κ1) is 15.3. The van der Waals surface area contributed by atoms with Gasteiger partial charge in [-0.3, -0.25) is 0 Å². The molecule has 4 aliphatic rings. The molecule has 0 saturated heterocycles. The summed E-state index contributed by atoms with van der Waals surface area (Å²) in [6.45, 7) is 12.1. The molecule has 4 aliphatic carbocycles. The van der Waals surface area contributed by atoms with E-state index >= 15 is 0 Å². The third-order valence-corrected chi connectivity index (χ3v) is 9.24. The van der Waals surface area contributed by atoms with Crippen molar-refractivity contribution in [2.45, 2.75) is 85.0 Å². The maximum absolute atomic E-state index is 4.48. The lowest BCUT2D eigenvalue weighted by Crippen LogP contribution is -2.53. The van der Waals surface area contributed by atoms with Crippen molar-refractivity contribution in [2.24, 2.45) is 40.4 Å². The Balaban J connectivity index is 1.66. The molecule has 0 amide bonds. The zero-order valence-corrected chi connectivity index (χ0v) is 15.2. The van der Waals surface area contributed by atoms with Gasteiger partial charge in [-0.15, -0.1) is 0 Å². The van der Waals surface area contributed by atoms with Crippen LogP contribution in [0.3, 0.4) is 0 Å². The van der Waals surface area contributed by atoms with Crippen molar-refractivity contribution in [2.75, 3.05) is 0 Å². The summed E-state index contributed by atoms with van der Waals surface area (Å²) in [6.07, 6.45) is 14.8. The molecule has 124 valence electrons. The Labute approximate surface area is 138 Å². The smallest absolute Gasteiger partial charge is 0.00879 e. The van der Waals surface area contributed by atoms with Gasteiger partial charge in [0.2, 0.25) is 0 Å². The van der Waals surface area contributed by atoms with Crippen molar-refractivity contribution in [1.29, 1.82) is 0 Å². The molecular formula is C22H36. The first-order valence-corrected chi connectivity index (χ1v) is 10.2. The van der Waals surface area contributed by atoms with E-state index in [1.54, 1.807) is 18.4 Å². The molecule has 0 nitrogen and oxygen atoms in total. The average Bonchev–Trinajstić information content (AvgIpc) is 2.82. The molecule has 0 aromatic rings. The average molecular weight is 301 g/mol. The summed E-state index contributed by atoms with van der Waals surface area (Å²) < 4.78 is 0. The number of fused-ring (bicyclic) bond motifs is 5. The molecule has 0 spiro atoms. The zero-order valence-electron chi connectivity index (χ0n) is 15.2. The van der Waals surface area contributed by atoms with Crippen molar-refractivity contribution in [3.05, 3.63) is 12.2 Å². The Bertz CT molecular complexity index is 463. The highest BCUT2D eigenvalue weighted by Crippen LogP contribution is 2.68. The Kier molecular flexibility index (Phi) is 3.55. The third-order valence-electron chi connectivity index (χ3n) is 9.24. The zero-order chi connectivity index (χ0) is 15.5. The molecule has 0 heterocycles. The molecule has 0 radical (unpaired) electrons. The van der Waals surface area contributed by atoms with Gasteiger partial charge in [-0.2, -0.15) is 0 Å². The van der Waals surface area contributed by atoms with Crippen LogP contribution in [-0.4, -0.2) is 0 Å². The first-order chi connectivity index (χ1) is 10.5. The summed E-state index contributed by atoms with van der Waals surface area (Å²) >= 11 is 0. The number of hydrogen-bond donors (Lipinski definition) is 0. The van der Waals surface area contributed by atoms with Gasteiger partial charge in [0.05, 0.1) is 0 Å².